The molecular weight excluding hydrogens is 354 g/mol. The Labute approximate surface area is 172 Å². The molecule has 0 aliphatic heterocycles. The number of aliphatic carboxylic acids is 2. The average molecular weight is 398 g/mol. The number of rotatable bonds is 21. The van der Waals surface area contributed by atoms with E-state index < -0.39 is 18.0 Å². The van der Waals surface area contributed by atoms with Crippen LogP contribution in [0.5, 0.6) is 0 Å². The van der Waals surface area contributed by atoms with Crippen LogP contribution in [0.25, 0.3) is 0 Å². The largest absolute Gasteiger partial charge is 0.481 e. The summed E-state index contributed by atoms with van der Waals surface area (Å²) in [7, 11) is 0. The molecule has 0 aromatic rings. The summed E-state index contributed by atoms with van der Waals surface area (Å²) in [6.07, 6.45) is 22.2. The Morgan fingerprint density at radius 2 is 1.29 bits per heavy atom. The molecular formula is C23H43NO4. The third kappa shape index (κ3) is 19.4. The Hall–Kier alpha value is -1.36. The number of carbonyl (C=O) groups is 2. The molecule has 1 atom stereocenters. The first-order valence-corrected chi connectivity index (χ1v) is 11.4. The number of hydrogen-bond acceptors (Lipinski definition) is 3. The zero-order chi connectivity index (χ0) is 20.9. The molecule has 0 fully saturated rings. The lowest BCUT2D eigenvalue weighted by Crippen LogP contribution is -2.37. The van der Waals surface area contributed by atoms with Gasteiger partial charge in [-0.2, -0.15) is 0 Å². The summed E-state index contributed by atoms with van der Waals surface area (Å²) in [6, 6.07) is -0.751. The van der Waals surface area contributed by atoms with Gasteiger partial charge in [-0.3, -0.25) is 9.59 Å². The molecule has 0 unspecified atom stereocenters. The van der Waals surface area contributed by atoms with Crippen molar-refractivity contribution in [1.82, 2.24) is 5.32 Å². The van der Waals surface area contributed by atoms with E-state index in [2.05, 4.69) is 24.4 Å². The summed E-state index contributed by atoms with van der Waals surface area (Å²) in [5.41, 5.74) is 0. The van der Waals surface area contributed by atoms with Gasteiger partial charge in [0.1, 0.15) is 6.04 Å². The predicted molar refractivity (Wildman–Crippen MR) is 116 cm³/mol. The van der Waals surface area contributed by atoms with Crippen molar-refractivity contribution >= 4 is 11.9 Å². The number of unbranched alkanes of at least 4 members (excludes halogenated alkanes) is 12. The van der Waals surface area contributed by atoms with Crippen molar-refractivity contribution in [2.75, 3.05) is 6.54 Å². The van der Waals surface area contributed by atoms with Gasteiger partial charge in [-0.1, -0.05) is 76.9 Å². The van der Waals surface area contributed by atoms with Crippen LogP contribution in [0.3, 0.4) is 0 Å². The molecule has 0 aromatic carbocycles. The van der Waals surface area contributed by atoms with Crippen molar-refractivity contribution in [3.63, 3.8) is 0 Å². The SMILES string of the molecule is CCCCCCCCC=CCCCCCCCCN[C@@H](CCC(=O)O)C(=O)O. The molecule has 0 rings (SSSR count). The van der Waals surface area contributed by atoms with Crippen LogP contribution in [0.1, 0.15) is 110 Å². The summed E-state index contributed by atoms with van der Waals surface area (Å²) in [4.78, 5) is 21.6. The van der Waals surface area contributed by atoms with Crippen molar-refractivity contribution in [1.29, 1.82) is 0 Å². The number of carboxylic acid groups (broad SMARTS) is 2. The van der Waals surface area contributed by atoms with E-state index in [0.717, 1.165) is 12.8 Å². The van der Waals surface area contributed by atoms with Crippen LogP contribution in [-0.4, -0.2) is 34.7 Å². The third-order valence-electron chi connectivity index (χ3n) is 5.02. The monoisotopic (exact) mass is 397 g/mol. The van der Waals surface area contributed by atoms with Crippen LogP contribution in [0.2, 0.25) is 0 Å². The van der Waals surface area contributed by atoms with E-state index in [-0.39, 0.29) is 12.8 Å². The molecule has 5 heteroatoms. The lowest BCUT2D eigenvalue weighted by Gasteiger charge is -2.13. The molecule has 0 aliphatic rings. The van der Waals surface area contributed by atoms with Gasteiger partial charge < -0.3 is 15.5 Å². The quantitative estimate of drug-likeness (QED) is 0.165. The van der Waals surface area contributed by atoms with E-state index in [1.54, 1.807) is 0 Å². The van der Waals surface area contributed by atoms with Crippen LogP contribution in [0.15, 0.2) is 12.2 Å². The molecule has 3 N–H and O–H groups in total. The van der Waals surface area contributed by atoms with Gasteiger partial charge in [-0.05, 0) is 45.1 Å². The summed E-state index contributed by atoms with van der Waals surface area (Å²) in [6.45, 7) is 2.89. The summed E-state index contributed by atoms with van der Waals surface area (Å²) in [5.74, 6) is -1.92. The van der Waals surface area contributed by atoms with Gasteiger partial charge in [0.25, 0.3) is 0 Å². The fourth-order valence-electron chi connectivity index (χ4n) is 3.23. The van der Waals surface area contributed by atoms with Crippen molar-refractivity contribution in [3.8, 4) is 0 Å². The maximum Gasteiger partial charge on any atom is 0.320 e. The minimum atomic E-state index is -0.967. The summed E-state index contributed by atoms with van der Waals surface area (Å²) in [5, 5.41) is 20.7. The highest BCUT2D eigenvalue weighted by atomic mass is 16.4. The van der Waals surface area contributed by atoms with Gasteiger partial charge in [-0.15, -0.1) is 0 Å². The molecule has 0 spiro atoms. The van der Waals surface area contributed by atoms with Gasteiger partial charge in [0.2, 0.25) is 0 Å². The van der Waals surface area contributed by atoms with Gasteiger partial charge in [-0.25, -0.2) is 0 Å². The molecule has 0 bridgehead atoms. The lowest BCUT2D eigenvalue weighted by atomic mass is 10.1. The number of nitrogens with one attached hydrogen (secondary N) is 1. The Morgan fingerprint density at radius 3 is 1.79 bits per heavy atom. The molecule has 164 valence electrons. The van der Waals surface area contributed by atoms with Crippen molar-refractivity contribution in [2.24, 2.45) is 0 Å². The molecule has 0 radical (unpaired) electrons. The molecule has 0 aliphatic carbocycles. The summed E-state index contributed by atoms with van der Waals surface area (Å²) >= 11 is 0. The zero-order valence-corrected chi connectivity index (χ0v) is 18.0. The minimum absolute atomic E-state index is 0.114. The highest BCUT2D eigenvalue weighted by Gasteiger charge is 2.17. The highest BCUT2D eigenvalue weighted by molar-refractivity contribution is 5.75. The number of carboxylic acids is 2. The maximum absolute atomic E-state index is 11.1. The molecule has 0 heterocycles. The van der Waals surface area contributed by atoms with Crippen LogP contribution in [0, 0.1) is 0 Å². The first kappa shape index (κ1) is 26.6. The molecule has 0 saturated heterocycles. The van der Waals surface area contributed by atoms with Crippen LogP contribution in [-0.2, 0) is 9.59 Å². The molecule has 5 nitrogen and oxygen atoms in total. The second kappa shape index (κ2) is 20.4. The van der Waals surface area contributed by atoms with E-state index in [4.69, 9.17) is 10.2 Å². The Balaban J connectivity index is 3.37. The van der Waals surface area contributed by atoms with E-state index in [0.29, 0.717) is 6.54 Å². The van der Waals surface area contributed by atoms with E-state index in [9.17, 15) is 9.59 Å². The Bertz CT molecular complexity index is 409. The first-order chi connectivity index (χ1) is 13.6. The second-order valence-corrected chi connectivity index (χ2v) is 7.72. The fraction of sp³-hybridized carbons (Fsp3) is 0.826. The number of hydrogen-bond donors (Lipinski definition) is 3. The first-order valence-electron chi connectivity index (χ1n) is 11.4. The zero-order valence-electron chi connectivity index (χ0n) is 18.0. The molecule has 0 aromatic heterocycles. The predicted octanol–water partition coefficient (Wildman–Crippen LogP) is 5.93. The van der Waals surface area contributed by atoms with E-state index in [1.165, 1.54) is 77.0 Å². The molecule has 0 amide bonds. The van der Waals surface area contributed by atoms with E-state index >= 15 is 0 Å². The minimum Gasteiger partial charge on any atom is -0.481 e. The van der Waals surface area contributed by atoms with Crippen LogP contribution in [0.4, 0.5) is 0 Å². The highest BCUT2D eigenvalue weighted by Crippen LogP contribution is 2.10. The van der Waals surface area contributed by atoms with Crippen LogP contribution >= 0.6 is 0 Å². The smallest absolute Gasteiger partial charge is 0.320 e. The Kier molecular flexibility index (Phi) is 19.4. The Morgan fingerprint density at radius 1 is 0.786 bits per heavy atom. The van der Waals surface area contributed by atoms with Gasteiger partial charge in [0.15, 0.2) is 0 Å². The van der Waals surface area contributed by atoms with Gasteiger partial charge >= 0.3 is 11.9 Å². The fourth-order valence-corrected chi connectivity index (χ4v) is 3.23. The average Bonchev–Trinajstić information content (AvgIpc) is 2.66. The molecule has 0 saturated carbocycles. The topological polar surface area (TPSA) is 86.6 Å². The second-order valence-electron chi connectivity index (χ2n) is 7.72. The number of allylic oxidation sites excluding steroid dienone is 2. The standard InChI is InChI=1S/C23H43NO4/c1-2-3-4-5-6-7-8-9-10-11-12-13-14-15-16-17-20-24-21(23(27)28)18-19-22(25)26/h9-10,21,24H,2-8,11-20H2,1H3,(H,25,26)(H,27,28)/t21-/m0/s1. The van der Waals surface area contributed by atoms with Gasteiger partial charge in [0, 0.05) is 6.42 Å². The normalized spacial score (nSPS) is 12.5. The van der Waals surface area contributed by atoms with E-state index in [1.807, 2.05) is 0 Å². The third-order valence-corrected chi connectivity index (χ3v) is 5.02. The van der Waals surface area contributed by atoms with Crippen molar-refractivity contribution < 1.29 is 19.8 Å². The maximum atomic E-state index is 11.1. The lowest BCUT2D eigenvalue weighted by molar-refractivity contribution is -0.140. The van der Waals surface area contributed by atoms with Crippen LogP contribution < -0.4 is 5.32 Å². The van der Waals surface area contributed by atoms with Gasteiger partial charge in [0.05, 0.1) is 0 Å². The van der Waals surface area contributed by atoms with Crippen molar-refractivity contribution in [3.05, 3.63) is 12.2 Å². The summed E-state index contributed by atoms with van der Waals surface area (Å²) < 4.78 is 0. The van der Waals surface area contributed by atoms with Crippen molar-refractivity contribution in [2.45, 2.75) is 116 Å². The molecule has 28 heavy (non-hydrogen) atoms.